The molecule has 26 heavy (non-hydrogen) atoms. The van der Waals surface area contributed by atoms with Gasteiger partial charge in [-0.1, -0.05) is 30.3 Å². The molecule has 0 spiro atoms. The zero-order valence-electron chi connectivity index (χ0n) is 14.7. The lowest BCUT2D eigenvalue weighted by Gasteiger charge is -2.30. The van der Waals surface area contributed by atoms with E-state index in [1.165, 1.54) is 5.56 Å². The number of fused-ring (bicyclic) bond motifs is 1. The molecule has 2 N–H and O–H groups in total. The van der Waals surface area contributed by atoms with Crippen LogP contribution in [0.25, 0.3) is 21.9 Å². The molecular formula is C22H22N4. The molecule has 0 amide bonds. The van der Waals surface area contributed by atoms with Crippen LogP contribution in [0, 0.1) is 11.3 Å². The highest BCUT2D eigenvalue weighted by Crippen LogP contribution is 2.31. The van der Waals surface area contributed by atoms with Gasteiger partial charge in [0, 0.05) is 41.5 Å². The van der Waals surface area contributed by atoms with Gasteiger partial charge >= 0.3 is 0 Å². The first-order chi connectivity index (χ1) is 12.7. The van der Waals surface area contributed by atoms with Crippen LogP contribution in [0.15, 0.2) is 54.9 Å². The van der Waals surface area contributed by atoms with Crippen molar-refractivity contribution >= 4 is 10.8 Å². The van der Waals surface area contributed by atoms with E-state index in [9.17, 15) is 5.26 Å². The predicted octanol–water partition coefficient (Wildman–Crippen LogP) is 3.70. The van der Waals surface area contributed by atoms with Gasteiger partial charge in [-0.25, -0.2) is 0 Å². The Bertz CT molecular complexity index is 965. The molecule has 130 valence electrons. The first-order valence-corrected chi connectivity index (χ1v) is 9.08. The molecule has 0 unspecified atom stereocenters. The lowest BCUT2D eigenvalue weighted by atomic mass is 9.96. The Morgan fingerprint density at radius 2 is 1.88 bits per heavy atom. The third kappa shape index (κ3) is 3.32. The second kappa shape index (κ2) is 7.25. The van der Waals surface area contributed by atoms with Crippen LogP contribution in [-0.2, 0) is 6.54 Å². The van der Waals surface area contributed by atoms with Crippen molar-refractivity contribution in [2.45, 2.75) is 25.4 Å². The summed E-state index contributed by atoms with van der Waals surface area (Å²) in [6.45, 7) is 3.05. The minimum atomic E-state index is 0.350. The van der Waals surface area contributed by atoms with Crippen LogP contribution in [0.1, 0.15) is 24.0 Å². The van der Waals surface area contributed by atoms with Gasteiger partial charge in [0.25, 0.3) is 0 Å². The quantitative estimate of drug-likeness (QED) is 0.788. The minimum absolute atomic E-state index is 0.350. The van der Waals surface area contributed by atoms with E-state index in [0.29, 0.717) is 11.6 Å². The molecule has 0 bridgehead atoms. The number of hydrogen-bond donors (Lipinski definition) is 1. The molecule has 2 aromatic carbocycles. The fourth-order valence-corrected chi connectivity index (χ4v) is 3.71. The molecule has 1 aromatic heterocycles. The van der Waals surface area contributed by atoms with Crippen LogP contribution in [-0.4, -0.2) is 29.0 Å². The van der Waals surface area contributed by atoms with Gasteiger partial charge in [0.1, 0.15) is 0 Å². The number of nitrogens with zero attached hydrogens (tertiary/aromatic N) is 3. The van der Waals surface area contributed by atoms with Gasteiger partial charge in [-0.2, -0.15) is 5.26 Å². The van der Waals surface area contributed by atoms with Crippen molar-refractivity contribution in [3.05, 3.63) is 66.0 Å². The number of nitriles is 1. The second-order valence-corrected chi connectivity index (χ2v) is 7.01. The summed E-state index contributed by atoms with van der Waals surface area (Å²) in [5, 5.41) is 11.7. The molecule has 1 fully saturated rings. The molecule has 1 saturated heterocycles. The minimum Gasteiger partial charge on any atom is -0.328 e. The molecule has 1 aliphatic rings. The van der Waals surface area contributed by atoms with Crippen LogP contribution in [0.3, 0.4) is 0 Å². The molecule has 0 saturated carbocycles. The van der Waals surface area contributed by atoms with Crippen molar-refractivity contribution in [1.29, 1.82) is 5.26 Å². The van der Waals surface area contributed by atoms with Crippen LogP contribution in [0.4, 0.5) is 0 Å². The molecule has 3 aromatic rings. The highest BCUT2D eigenvalue weighted by molar-refractivity contribution is 5.97. The Kier molecular flexibility index (Phi) is 4.66. The average molecular weight is 342 g/mol. The number of hydrogen-bond acceptors (Lipinski definition) is 4. The van der Waals surface area contributed by atoms with Gasteiger partial charge in [0.15, 0.2) is 0 Å². The molecule has 2 heterocycles. The first-order valence-electron chi connectivity index (χ1n) is 9.08. The van der Waals surface area contributed by atoms with E-state index in [-0.39, 0.29) is 0 Å². The van der Waals surface area contributed by atoms with Crippen molar-refractivity contribution in [2.75, 3.05) is 13.1 Å². The van der Waals surface area contributed by atoms with Crippen molar-refractivity contribution < 1.29 is 0 Å². The Balaban J connectivity index is 1.72. The smallest absolute Gasteiger partial charge is 0.0998 e. The normalized spacial score (nSPS) is 15.8. The number of rotatable bonds is 3. The predicted molar refractivity (Wildman–Crippen MR) is 104 cm³/mol. The SMILES string of the molecule is N#Cc1ccccc1-c1cncc2ccc(CN3CCC(N)CC3)cc12. The van der Waals surface area contributed by atoms with Crippen molar-refractivity contribution in [1.82, 2.24) is 9.88 Å². The highest BCUT2D eigenvalue weighted by atomic mass is 15.1. The number of pyridine rings is 1. The van der Waals surface area contributed by atoms with Crippen molar-refractivity contribution in [3.63, 3.8) is 0 Å². The lowest BCUT2D eigenvalue weighted by molar-refractivity contribution is 0.206. The van der Waals surface area contributed by atoms with E-state index < -0.39 is 0 Å². The summed E-state index contributed by atoms with van der Waals surface area (Å²) in [5.41, 5.74) is 9.94. The van der Waals surface area contributed by atoms with E-state index in [1.807, 2.05) is 36.7 Å². The van der Waals surface area contributed by atoms with Gasteiger partial charge in [-0.3, -0.25) is 9.88 Å². The van der Waals surface area contributed by atoms with E-state index in [0.717, 1.165) is 54.4 Å². The van der Waals surface area contributed by atoms with Crippen LogP contribution in [0.2, 0.25) is 0 Å². The van der Waals surface area contributed by atoms with Gasteiger partial charge < -0.3 is 5.73 Å². The van der Waals surface area contributed by atoms with Gasteiger partial charge in [-0.15, -0.1) is 0 Å². The zero-order chi connectivity index (χ0) is 17.9. The van der Waals surface area contributed by atoms with Crippen LogP contribution >= 0.6 is 0 Å². The van der Waals surface area contributed by atoms with Gasteiger partial charge in [0.2, 0.25) is 0 Å². The third-order valence-electron chi connectivity index (χ3n) is 5.20. The van der Waals surface area contributed by atoms with E-state index >= 15 is 0 Å². The molecule has 0 aliphatic carbocycles. The maximum atomic E-state index is 9.46. The molecule has 1 aliphatic heterocycles. The summed E-state index contributed by atoms with van der Waals surface area (Å²) >= 11 is 0. The maximum absolute atomic E-state index is 9.46. The molecule has 4 heteroatoms. The number of likely N-dealkylation sites (tertiary alicyclic amines) is 1. The molecule has 0 atom stereocenters. The fraction of sp³-hybridized carbons (Fsp3) is 0.273. The Labute approximate surface area is 153 Å². The van der Waals surface area contributed by atoms with Crippen LogP contribution < -0.4 is 5.73 Å². The Morgan fingerprint density at radius 1 is 1.08 bits per heavy atom. The van der Waals surface area contributed by atoms with E-state index in [1.54, 1.807) is 0 Å². The number of piperidine rings is 1. The number of aromatic nitrogens is 1. The maximum Gasteiger partial charge on any atom is 0.0998 e. The summed E-state index contributed by atoms with van der Waals surface area (Å²) in [7, 11) is 0. The lowest BCUT2D eigenvalue weighted by Crippen LogP contribution is -2.39. The van der Waals surface area contributed by atoms with Gasteiger partial charge in [-0.05, 0) is 49.0 Å². The molecular weight excluding hydrogens is 320 g/mol. The molecule has 0 radical (unpaired) electrons. The Hall–Kier alpha value is -2.74. The van der Waals surface area contributed by atoms with E-state index in [4.69, 9.17) is 5.73 Å². The molecule has 4 nitrogen and oxygen atoms in total. The summed E-state index contributed by atoms with van der Waals surface area (Å²) in [6, 6.07) is 16.9. The largest absolute Gasteiger partial charge is 0.328 e. The van der Waals surface area contributed by atoms with Crippen molar-refractivity contribution in [2.24, 2.45) is 5.73 Å². The first kappa shape index (κ1) is 16.7. The van der Waals surface area contributed by atoms with Crippen LogP contribution in [0.5, 0.6) is 0 Å². The van der Waals surface area contributed by atoms with Crippen molar-refractivity contribution in [3.8, 4) is 17.2 Å². The summed E-state index contributed by atoms with van der Waals surface area (Å²) in [4.78, 5) is 6.85. The third-order valence-corrected chi connectivity index (χ3v) is 5.20. The topological polar surface area (TPSA) is 65.9 Å². The zero-order valence-corrected chi connectivity index (χ0v) is 14.7. The standard InChI is InChI=1S/C22H22N4/c23-12-17-3-1-2-4-20(17)22-14-25-13-18-6-5-16(11-21(18)22)15-26-9-7-19(24)8-10-26/h1-6,11,13-14,19H,7-10,15,24H2. The number of benzene rings is 2. The summed E-state index contributed by atoms with van der Waals surface area (Å²) in [5.74, 6) is 0. The second-order valence-electron chi connectivity index (χ2n) is 7.01. The summed E-state index contributed by atoms with van der Waals surface area (Å²) < 4.78 is 0. The fourth-order valence-electron chi connectivity index (χ4n) is 3.71. The number of nitrogens with two attached hydrogens (primary N) is 1. The van der Waals surface area contributed by atoms with Gasteiger partial charge in [0.05, 0.1) is 11.6 Å². The Morgan fingerprint density at radius 3 is 2.69 bits per heavy atom. The summed E-state index contributed by atoms with van der Waals surface area (Å²) in [6.07, 6.45) is 5.89. The average Bonchev–Trinajstić information content (AvgIpc) is 2.69. The van der Waals surface area contributed by atoms with E-state index in [2.05, 4.69) is 34.2 Å². The molecule has 4 rings (SSSR count). The monoisotopic (exact) mass is 342 g/mol. The highest BCUT2D eigenvalue weighted by Gasteiger charge is 2.16.